The fourth-order valence-corrected chi connectivity index (χ4v) is 3.78. The van der Waals surface area contributed by atoms with Crippen LogP contribution < -0.4 is 11.1 Å². The van der Waals surface area contributed by atoms with E-state index in [0.29, 0.717) is 29.4 Å². The number of carbonyl (C=O) groups excluding carboxylic acids is 1. The number of nitrogens with two attached hydrogens (primary N) is 1. The number of hydrogen-bond donors (Lipinski definition) is 2. The van der Waals surface area contributed by atoms with Gasteiger partial charge >= 0.3 is 0 Å². The van der Waals surface area contributed by atoms with Gasteiger partial charge in [-0.25, -0.2) is 4.39 Å². The second-order valence-corrected chi connectivity index (χ2v) is 7.97. The lowest BCUT2D eigenvalue weighted by Gasteiger charge is -2.39. The number of rotatable bonds is 5. The molecule has 0 aromatic heterocycles. The lowest BCUT2D eigenvalue weighted by atomic mass is 10.1. The van der Waals surface area contributed by atoms with Crippen LogP contribution in [-0.4, -0.2) is 47.3 Å². The maximum absolute atomic E-state index is 13.1. The zero-order valence-corrected chi connectivity index (χ0v) is 18.4. The molecule has 0 unspecified atom stereocenters. The van der Waals surface area contributed by atoms with Gasteiger partial charge in [0.25, 0.3) is 0 Å². The highest BCUT2D eigenvalue weighted by Crippen LogP contribution is 2.23. The molecule has 1 amide bonds. The van der Waals surface area contributed by atoms with Crippen LogP contribution in [0.3, 0.4) is 0 Å². The lowest BCUT2D eigenvalue weighted by molar-refractivity contribution is -0.130. The van der Waals surface area contributed by atoms with Crippen LogP contribution in [0.15, 0.2) is 53.5 Å². The van der Waals surface area contributed by atoms with Crippen molar-refractivity contribution in [1.82, 2.24) is 9.80 Å². The maximum atomic E-state index is 13.1. The summed E-state index contributed by atoms with van der Waals surface area (Å²) >= 11 is 6.05. The SMILES string of the molecule is C[C@@H]1CN(Cc2ccc(F)cc2)CCN1C(=O)C=Cc1ccc(Cl)cc1NC(N)=NC#N. The third kappa shape index (κ3) is 6.30. The second kappa shape index (κ2) is 10.8. The molecule has 3 rings (SSSR count). The fraction of sp³-hybridized carbons (Fsp3) is 0.261. The zero-order chi connectivity index (χ0) is 23.1. The Morgan fingerprint density at radius 2 is 2.09 bits per heavy atom. The van der Waals surface area contributed by atoms with Crippen LogP contribution in [0.2, 0.25) is 5.02 Å². The normalized spacial score (nSPS) is 17.4. The van der Waals surface area contributed by atoms with Crippen molar-refractivity contribution in [2.24, 2.45) is 10.7 Å². The molecule has 1 aliphatic heterocycles. The Morgan fingerprint density at radius 3 is 2.78 bits per heavy atom. The van der Waals surface area contributed by atoms with E-state index in [2.05, 4.69) is 15.2 Å². The Kier molecular flexibility index (Phi) is 7.82. The number of anilines is 1. The quantitative estimate of drug-likeness (QED) is 0.312. The van der Waals surface area contributed by atoms with Crippen LogP contribution in [-0.2, 0) is 11.3 Å². The molecule has 7 nitrogen and oxygen atoms in total. The summed E-state index contributed by atoms with van der Waals surface area (Å²) in [5, 5.41) is 11.9. The summed E-state index contributed by atoms with van der Waals surface area (Å²) in [5.41, 5.74) is 7.91. The molecule has 1 aliphatic rings. The van der Waals surface area contributed by atoms with Crippen molar-refractivity contribution >= 4 is 35.2 Å². The first-order valence-corrected chi connectivity index (χ1v) is 10.5. The lowest BCUT2D eigenvalue weighted by Crippen LogP contribution is -2.53. The molecule has 0 bridgehead atoms. The minimum atomic E-state index is -0.247. The highest BCUT2D eigenvalue weighted by atomic mass is 35.5. The van der Waals surface area contributed by atoms with Crippen molar-refractivity contribution in [3.63, 3.8) is 0 Å². The highest BCUT2D eigenvalue weighted by molar-refractivity contribution is 6.31. The van der Waals surface area contributed by atoms with Gasteiger partial charge in [-0.3, -0.25) is 9.69 Å². The minimum absolute atomic E-state index is 0.0302. The summed E-state index contributed by atoms with van der Waals surface area (Å²) < 4.78 is 13.1. The first kappa shape index (κ1) is 23.3. The summed E-state index contributed by atoms with van der Waals surface area (Å²) in [6.45, 7) is 4.78. The number of amides is 1. The number of halogens is 2. The largest absolute Gasteiger partial charge is 0.369 e. The molecule has 3 N–H and O–H groups in total. The minimum Gasteiger partial charge on any atom is -0.369 e. The molecular formula is C23H24ClFN6O. The van der Waals surface area contributed by atoms with E-state index in [1.165, 1.54) is 18.2 Å². The third-order valence-electron chi connectivity index (χ3n) is 5.17. The van der Waals surface area contributed by atoms with E-state index in [4.69, 9.17) is 22.6 Å². The summed E-state index contributed by atoms with van der Waals surface area (Å²) in [6, 6.07) is 11.6. The van der Waals surface area contributed by atoms with E-state index < -0.39 is 0 Å². The molecule has 0 saturated carbocycles. The second-order valence-electron chi connectivity index (χ2n) is 7.53. The van der Waals surface area contributed by atoms with Gasteiger partial charge in [0.05, 0.1) is 0 Å². The first-order chi connectivity index (χ1) is 15.4. The Morgan fingerprint density at radius 1 is 1.34 bits per heavy atom. The number of piperazine rings is 1. The van der Waals surface area contributed by atoms with Gasteiger partial charge in [0, 0.05) is 49.0 Å². The number of carbonyl (C=O) groups is 1. The number of guanidine groups is 1. The van der Waals surface area contributed by atoms with Gasteiger partial charge in [-0.05, 0) is 48.4 Å². The average Bonchev–Trinajstić information content (AvgIpc) is 2.75. The molecular weight excluding hydrogens is 431 g/mol. The summed E-state index contributed by atoms with van der Waals surface area (Å²) in [7, 11) is 0. The molecule has 1 heterocycles. The van der Waals surface area contributed by atoms with Gasteiger partial charge in [-0.15, -0.1) is 4.99 Å². The molecule has 2 aromatic rings. The van der Waals surface area contributed by atoms with Crippen LogP contribution in [0.25, 0.3) is 6.08 Å². The van der Waals surface area contributed by atoms with Crippen molar-refractivity contribution in [2.45, 2.75) is 19.5 Å². The number of benzene rings is 2. The number of nitrogens with one attached hydrogen (secondary N) is 1. The van der Waals surface area contributed by atoms with Crippen LogP contribution >= 0.6 is 11.6 Å². The van der Waals surface area contributed by atoms with Gasteiger partial charge in [-0.2, -0.15) is 5.26 Å². The molecule has 9 heteroatoms. The third-order valence-corrected chi connectivity index (χ3v) is 5.40. The Hall–Kier alpha value is -3.41. The van der Waals surface area contributed by atoms with Crippen molar-refractivity contribution in [3.8, 4) is 6.19 Å². The van der Waals surface area contributed by atoms with E-state index in [0.717, 1.165) is 18.7 Å². The molecule has 2 aromatic carbocycles. The van der Waals surface area contributed by atoms with Crippen molar-refractivity contribution < 1.29 is 9.18 Å². The Bertz CT molecular complexity index is 1060. The van der Waals surface area contributed by atoms with Crippen molar-refractivity contribution in [3.05, 3.63) is 70.5 Å². The number of nitriles is 1. The summed E-state index contributed by atoms with van der Waals surface area (Å²) in [5.74, 6) is -0.413. The molecule has 166 valence electrons. The monoisotopic (exact) mass is 454 g/mol. The standard InChI is InChI=1S/C23H24ClFN6O/c1-16-13-30(14-17-2-7-20(25)8-3-17)10-11-31(16)22(32)9-5-18-4-6-19(24)12-21(18)29-23(27)28-15-26/h2-9,12,16H,10-11,13-14H2,1H3,(H3,27,28,29)/t16-/m1/s1. The molecule has 1 fully saturated rings. The van der Waals surface area contributed by atoms with E-state index in [1.54, 1.807) is 42.6 Å². The molecule has 1 atom stereocenters. The van der Waals surface area contributed by atoms with Gasteiger partial charge in [0.1, 0.15) is 5.82 Å². The van der Waals surface area contributed by atoms with Gasteiger partial charge in [0.15, 0.2) is 0 Å². The Balaban J connectivity index is 1.63. The number of aliphatic imine (C=N–C) groups is 1. The number of nitrogens with zero attached hydrogens (tertiary/aromatic N) is 4. The molecule has 0 radical (unpaired) electrons. The molecule has 1 saturated heterocycles. The molecule has 32 heavy (non-hydrogen) atoms. The summed E-state index contributed by atoms with van der Waals surface area (Å²) in [6.07, 6.45) is 4.80. The van der Waals surface area contributed by atoms with Gasteiger partial charge in [-0.1, -0.05) is 29.8 Å². The van der Waals surface area contributed by atoms with Gasteiger partial charge in [0.2, 0.25) is 18.1 Å². The highest BCUT2D eigenvalue weighted by Gasteiger charge is 2.26. The van der Waals surface area contributed by atoms with E-state index in [1.807, 2.05) is 11.8 Å². The predicted octanol–water partition coefficient (Wildman–Crippen LogP) is 3.43. The number of hydrogen-bond acceptors (Lipinski definition) is 4. The van der Waals surface area contributed by atoms with Crippen LogP contribution in [0, 0.1) is 17.3 Å². The summed E-state index contributed by atoms with van der Waals surface area (Å²) in [4.78, 5) is 20.3. The smallest absolute Gasteiger partial charge is 0.246 e. The Labute approximate surface area is 191 Å². The fourth-order valence-electron chi connectivity index (χ4n) is 3.61. The van der Waals surface area contributed by atoms with Crippen LogP contribution in [0.5, 0.6) is 0 Å². The zero-order valence-electron chi connectivity index (χ0n) is 17.6. The van der Waals surface area contributed by atoms with E-state index in [-0.39, 0.29) is 23.7 Å². The van der Waals surface area contributed by atoms with E-state index >= 15 is 0 Å². The van der Waals surface area contributed by atoms with Crippen molar-refractivity contribution in [1.29, 1.82) is 5.26 Å². The predicted molar refractivity (Wildman–Crippen MR) is 124 cm³/mol. The van der Waals surface area contributed by atoms with Crippen molar-refractivity contribution in [2.75, 3.05) is 25.0 Å². The first-order valence-electron chi connectivity index (χ1n) is 10.1. The topological polar surface area (TPSA) is 97.8 Å². The van der Waals surface area contributed by atoms with Crippen LogP contribution in [0.1, 0.15) is 18.1 Å². The average molecular weight is 455 g/mol. The van der Waals surface area contributed by atoms with Crippen LogP contribution in [0.4, 0.5) is 10.1 Å². The molecule has 0 spiro atoms. The maximum Gasteiger partial charge on any atom is 0.246 e. The van der Waals surface area contributed by atoms with E-state index in [9.17, 15) is 9.18 Å². The van der Waals surface area contributed by atoms with Gasteiger partial charge < -0.3 is 16.0 Å². The molecule has 0 aliphatic carbocycles.